The molecule has 0 bridgehead atoms. The molecule has 3 N–H and O–H groups in total. The number of aliphatic hydroxyl groups excluding tert-OH is 1. The van der Waals surface area contributed by atoms with E-state index in [1.54, 1.807) is 11.3 Å². The summed E-state index contributed by atoms with van der Waals surface area (Å²) in [4.78, 5) is 13.0. The minimum absolute atomic E-state index is 0.0813. The minimum Gasteiger partial charge on any atom is -0.391 e. The van der Waals surface area contributed by atoms with Crippen molar-refractivity contribution in [1.29, 1.82) is 0 Å². The molecule has 1 aromatic heterocycles. The van der Waals surface area contributed by atoms with E-state index in [9.17, 15) is 9.90 Å². The highest BCUT2D eigenvalue weighted by Crippen LogP contribution is 2.26. The van der Waals surface area contributed by atoms with Gasteiger partial charge in [0.1, 0.15) is 0 Å². The summed E-state index contributed by atoms with van der Waals surface area (Å²) in [6.45, 7) is 9.17. The van der Waals surface area contributed by atoms with Crippen LogP contribution in [0.5, 0.6) is 0 Å². The molecule has 114 valence electrons. The lowest BCUT2D eigenvalue weighted by Crippen LogP contribution is -2.44. The number of thiophene rings is 1. The van der Waals surface area contributed by atoms with Crippen LogP contribution >= 0.6 is 11.3 Å². The maximum absolute atomic E-state index is 11.7. The van der Waals surface area contributed by atoms with Gasteiger partial charge in [0.2, 0.25) is 0 Å². The Hall–Kier alpha value is -1.07. The van der Waals surface area contributed by atoms with Crippen LogP contribution in [0, 0.1) is 5.92 Å². The number of carbonyl (C=O) groups is 1. The van der Waals surface area contributed by atoms with E-state index in [0.29, 0.717) is 25.4 Å². The number of aliphatic hydroxyl groups is 1. The Morgan fingerprint density at radius 3 is 2.65 bits per heavy atom. The van der Waals surface area contributed by atoms with Crippen LogP contribution in [0.2, 0.25) is 0 Å². The second-order valence-corrected chi connectivity index (χ2v) is 7.16. The van der Waals surface area contributed by atoms with E-state index < -0.39 is 6.10 Å². The third-order valence-electron chi connectivity index (χ3n) is 3.12. The molecule has 0 aliphatic rings. The summed E-state index contributed by atoms with van der Waals surface area (Å²) in [7, 11) is 0. The third kappa shape index (κ3) is 5.92. The summed E-state index contributed by atoms with van der Waals surface area (Å²) >= 11 is 1.69. The lowest BCUT2D eigenvalue weighted by atomic mass is 9.91. The van der Waals surface area contributed by atoms with Crippen LogP contribution < -0.4 is 10.6 Å². The molecule has 0 spiro atoms. The molecule has 20 heavy (non-hydrogen) atoms. The van der Waals surface area contributed by atoms with Gasteiger partial charge < -0.3 is 15.7 Å². The third-order valence-corrected chi connectivity index (χ3v) is 4.36. The summed E-state index contributed by atoms with van der Waals surface area (Å²) in [5.41, 5.74) is -0.0813. The molecule has 0 aliphatic carbocycles. The van der Waals surface area contributed by atoms with Gasteiger partial charge in [0.05, 0.1) is 6.10 Å². The van der Waals surface area contributed by atoms with Crippen LogP contribution in [0.15, 0.2) is 17.5 Å². The normalized spacial score (nSPS) is 13.3. The van der Waals surface area contributed by atoms with Crippen molar-refractivity contribution in [3.05, 3.63) is 22.4 Å². The molecular weight excluding hydrogens is 272 g/mol. The van der Waals surface area contributed by atoms with Gasteiger partial charge in [-0.15, -0.1) is 11.3 Å². The minimum atomic E-state index is -0.481. The van der Waals surface area contributed by atoms with Crippen LogP contribution in [0.3, 0.4) is 0 Å². The number of amides is 2. The summed E-state index contributed by atoms with van der Waals surface area (Å²) in [5.74, 6) is 0.424. The molecule has 1 unspecified atom stereocenters. The predicted molar refractivity (Wildman–Crippen MR) is 84.2 cm³/mol. The molecule has 1 heterocycles. The van der Waals surface area contributed by atoms with Gasteiger partial charge in [-0.25, -0.2) is 4.79 Å². The van der Waals surface area contributed by atoms with Gasteiger partial charge in [-0.3, -0.25) is 0 Å². The van der Waals surface area contributed by atoms with Crippen LogP contribution in [0.4, 0.5) is 4.79 Å². The average molecular weight is 298 g/mol. The number of nitrogens with one attached hydrogen (secondary N) is 2. The summed E-state index contributed by atoms with van der Waals surface area (Å²) < 4.78 is 0. The van der Waals surface area contributed by atoms with Crippen molar-refractivity contribution in [2.24, 2.45) is 5.92 Å². The summed E-state index contributed by atoms with van der Waals surface area (Å²) in [6, 6.07) is 3.87. The van der Waals surface area contributed by atoms with E-state index in [4.69, 9.17) is 0 Å². The molecule has 4 nitrogen and oxygen atoms in total. The molecule has 2 amide bonds. The fourth-order valence-corrected chi connectivity index (χ4v) is 2.80. The van der Waals surface area contributed by atoms with Crippen LogP contribution in [-0.4, -0.2) is 30.3 Å². The molecule has 0 saturated heterocycles. The molecule has 1 atom stereocenters. The first-order valence-electron chi connectivity index (χ1n) is 7.05. The van der Waals surface area contributed by atoms with Crippen LogP contribution in [-0.2, 0) is 5.41 Å². The van der Waals surface area contributed by atoms with Crippen LogP contribution in [0.1, 0.15) is 39.0 Å². The zero-order valence-corrected chi connectivity index (χ0v) is 13.6. The Kier molecular flexibility index (Phi) is 6.49. The Labute approximate surface area is 125 Å². The Balaban J connectivity index is 2.29. The van der Waals surface area contributed by atoms with Crippen molar-refractivity contribution in [3.8, 4) is 0 Å². The number of carbonyl (C=O) groups excluding carboxylic acids is 1. The van der Waals surface area contributed by atoms with Gasteiger partial charge in [-0.1, -0.05) is 33.8 Å². The first kappa shape index (κ1) is 17.0. The van der Waals surface area contributed by atoms with Crippen molar-refractivity contribution in [3.63, 3.8) is 0 Å². The van der Waals surface area contributed by atoms with E-state index >= 15 is 0 Å². The highest BCUT2D eigenvalue weighted by atomic mass is 32.1. The van der Waals surface area contributed by atoms with E-state index in [0.717, 1.165) is 0 Å². The Morgan fingerprint density at radius 1 is 1.40 bits per heavy atom. The lowest BCUT2D eigenvalue weighted by Gasteiger charge is -2.24. The molecule has 0 fully saturated rings. The van der Waals surface area contributed by atoms with Crippen molar-refractivity contribution in [2.45, 2.75) is 45.6 Å². The highest BCUT2D eigenvalue weighted by Gasteiger charge is 2.22. The fourth-order valence-electron chi connectivity index (χ4n) is 1.95. The average Bonchev–Trinajstić information content (AvgIpc) is 2.87. The molecule has 0 aliphatic heterocycles. The zero-order chi connectivity index (χ0) is 15.2. The summed E-state index contributed by atoms with van der Waals surface area (Å²) in [5, 5.41) is 17.3. The largest absolute Gasteiger partial charge is 0.391 e. The van der Waals surface area contributed by atoms with Crippen molar-refractivity contribution in [1.82, 2.24) is 10.6 Å². The fraction of sp³-hybridized carbons (Fsp3) is 0.667. The van der Waals surface area contributed by atoms with Crippen LogP contribution in [0.25, 0.3) is 0 Å². The molecule has 1 aromatic rings. The predicted octanol–water partition coefficient (Wildman–Crippen LogP) is 2.73. The summed E-state index contributed by atoms with van der Waals surface area (Å²) in [6.07, 6.45) is 0.215. The molecule has 0 saturated carbocycles. The first-order valence-corrected chi connectivity index (χ1v) is 7.93. The van der Waals surface area contributed by atoms with E-state index in [1.807, 2.05) is 25.3 Å². The number of rotatable bonds is 7. The molecule has 1 rings (SSSR count). The molecular formula is C15H26N2O2S. The monoisotopic (exact) mass is 298 g/mol. The highest BCUT2D eigenvalue weighted by molar-refractivity contribution is 7.10. The Morgan fingerprint density at radius 2 is 2.10 bits per heavy atom. The SMILES string of the molecule is CC(C)CC(O)CNC(=O)NCC(C)(C)c1cccs1. The van der Waals surface area contributed by atoms with E-state index in [1.165, 1.54) is 4.88 Å². The maximum atomic E-state index is 11.7. The van der Waals surface area contributed by atoms with E-state index in [-0.39, 0.29) is 11.4 Å². The van der Waals surface area contributed by atoms with Gasteiger partial charge in [-0.2, -0.15) is 0 Å². The van der Waals surface area contributed by atoms with Gasteiger partial charge in [0.15, 0.2) is 0 Å². The number of hydrogen-bond acceptors (Lipinski definition) is 3. The lowest BCUT2D eigenvalue weighted by molar-refractivity contribution is 0.146. The van der Waals surface area contributed by atoms with Crippen molar-refractivity contribution >= 4 is 17.4 Å². The van der Waals surface area contributed by atoms with Gasteiger partial charge in [0, 0.05) is 23.4 Å². The standard InChI is InChI=1S/C15H26N2O2S/c1-11(2)8-12(18)9-16-14(19)17-10-15(3,4)13-6-5-7-20-13/h5-7,11-12,18H,8-10H2,1-4H3,(H2,16,17,19). The quantitative estimate of drug-likeness (QED) is 0.725. The molecule has 0 radical (unpaired) electrons. The molecule has 5 heteroatoms. The molecule has 0 aromatic carbocycles. The topological polar surface area (TPSA) is 61.4 Å². The maximum Gasteiger partial charge on any atom is 0.314 e. The number of urea groups is 1. The number of hydrogen-bond donors (Lipinski definition) is 3. The second kappa shape index (κ2) is 7.64. The smallest absolute Gasteiger partial charge is 0.314 e. The van der Waals surface area contributed by atoms with Gasteiger partial charge in [0.25, 0.3) is 0 Å². The first-order chi connectivity index (χ1) is 9.31. The van der Waals surface area contributed by atoms with E-state index in [2.05, 4.69) is 30.5 Å². The van der Waals surface area contributed by atoms with Gasteiger partial charge >= 0.3 is 6.03 Å². The zero-order valence-electron chi connectivity index (χ0n) is 12.8. The van der Waals surface area contributed by atoms with Crippen molar-refractivity contribution < 1.29 is 9.90 Å². The Bertz CT molecular complexity index is 402. The van der Waals surface area contributed by atoms with Crippen molar-refractivity contribution in [2.75, 3.05) is 13.1 Å². The van der Waals surface area contributed by atoms with Gasteiger partial charge in [-0.05, 0) is 23.8 Å². The second-order valence-electron chi connectivity index (χ2n) is 6.21.